The molecule has 136 valence electrons. The average molecular weight is 360 g/mol. The molecule has 3 aromatic rings. The Morgan fingerprint density at radius 2 is 1.27 bits per heavy atom. The Labute approximate surface area is 148 Å². The molecule has 0 fully saturated rings. The van der Waals surface area contributed by atoms with Crippen LogP contribution in [0.15, 0.2) is 65.1 Å². The third kappa shape index (κ3) is 5.52. The summed E-state index contributed by atoms with van der Waals surface area (Å²) in [5.74, 6) is -1.29. The fourth-order valence-corrected chi connectivity index (χ4v) is 1.85. The van der Waals surface area contributed by atoms with Gasteiger partial charge < -0.3 is 26.9 Å². The van der Waals surface area contributed by atoms with Crippen molar-refractivity contribution in [1.82, 2.24) is 0 Å². The maximum absolute atomic E-state index is 12.3. The van der Waals surface area contributed by atoms with E-state index in [0.717, 1.165) is 17.4 Å². The van der Waals surface area contributed by atoms with Crippen LogP contribution >= 0.6 is 0 Å². The lowest BCUT2D eigenvalue weighted by molar-refractivity contribution is 0.0964. The Hall–Kier alpha value is -3.55. The van der Waals surface area contributed by atoms with Crippen LogP contribution in [0.4, 0.5) is 31.5 Å². The molecule has 1 amide bonds. The zero-order chi connectivity index (χ0) is 19.1. The molecule has 1 aromatic heterocycles. The zero-order valence-electron chi connectivity index (χ0n) is 13.7. The normalized spacial score (nSPS) is 10.1. The molecule has 2 aromatic carbocycles. The number of nitrogens with one attached hydrogen (secondary N) is 1. The highest BCUT2D eigenvalue weighted by Crippen LogP contribution is 2.21. The van der Waals surface area contributed by atoms with Gasteiger partial charge in [0.15, 0.2) is 11.5 Å². The van der Waals surface area contributed by atoms with Crippen LogP contribution in [-0.2, 0) is 0 Å². The lowest BCUT2D eigenvalue weighted by Crippen LogP contribution is -2.10. The number of benzene rings is 2. The molecular formula is C18H18F2N4O2. The van der Waals surface area contributed by atoms with E-state index in [9.17, 15) is 13.6 Å². The number of nitrogens with two attached hydrogens (primary N) is 3. The second-order valence-electron chi connectivity index (χ2n) is 5.25. The number of alkyl halides is 2. The van der Waals surface area contributed by atoms with Crippen LogP contribution in [-0.4, -0.2) is 5.91 Å². The van der Waals surface area contributed by atoms with Gasteiger partial charge in [-0.25, -0.2) is 8.78 Å². The number of amides is 1. The second-order valence-corrected chi connectivity index (χ2v) is 5.25. The van der Waals surface area contributed by atoms with Crippen molar-refractivity contribution in [2.75, 3.05) is 22.5 Å². The maximum atomic E-state index is 12.3. The van der Waals surface area contributed by atoms with E-state index in [-0.39, 0.29) is 5.76 Å². The number of carbonyl (C=O) groups is 1. The minimum atomic E-state index is -2.73. The molecule has 0 atom stereocenters. The van der Waals surface area contributed by atoms with Crippen molar-refractivity contribution in [3.05, 3.63) is 72.2 Å². The first kappa shape index (κ1) is 18.8. The van der Waals surface area contributed by atoms with E-state index >= 15 is 0 Å². The first-order valence-electron chi connectivity index (χ1n) is 7.51. The first-order chi connectivity index (χ1) is 12.3. The van der Waals surface area contributed by atoms with Crippen molar-refractivity contribution in [2.24, 2.45) is 0 Å². The summed E-state index contributed by atoms with van der Waals surface area (Å²) in [7, 11) is 0. The van der Waals surface area contributed by atoms with E-state index in [4.69, 9.17) is 21.6 Å². The number of carbonyl (C=O) groups excluding carboxylic acids is 1. The van der Waals surface area contributed by atoms with E-state index in [2.05, 4.69) is 5.32 Å². The maximum Gasteiger partial charge on any atom is 0.295 e. The molecule has 0 aliphatic heterocycles. The van der Waals surface area contributed by atoms with Crippen LogP contribution < -0.4 is 22.5 Å². The highest BCUT2D eigenvalue weighted by atomic mass is 19.3. The summed E-state index contributed by atoms with van der Waals surface area (Å²) in [6.45, 7) is 0. The monoisotopic (exact) mass is 360 g/mol. The van der Waals surface area contributed by atoms with Crippen molar-refractivity contribution in [3.63, 3.8) is 0 Å². The number of nitrogen functional groups attached to an aromatic ring is 3. The summed E-state index contributed by atoms with van der Waals surface area (Å²) in [5.41, 5.74) is 18.8. The molecule has 0 spiro atoms. The molecule has 0 saturated carbocycles. The van der Waals surface area contributed by atoms with Gasteiger partial charge in [0, 0.05) is 22.7 Å². The number of halogens is 2. The van der Waals surface area contributed by atoms with Crippen molar-refractivity contribution in [3.8, 4) is 0 Å². The van der Waals surface area contributed by atoms with Crippen LogP contribution in [0.5, 0.6) is 0 Å². The smallest absolute Gasteiger partial charge is 0.295 e. The fourth-order valence-electron chi connectivity index (χ4n) is 1.85. The molecule has 0 aliphatic carbocycles. The third-order valence-corrected chi connectivity index (χ3v) is 3.17. The molecule has 1 heterocycles. The van der Waals surface area contributed by atoms with Crippen LogP contribution in [0.2, 0.25) is 0 Å². The van der Waals surface area contributed by atoms with Crippen molar-refractivity contribution in [2.45, 2.75) is 6.43 Å². The van der Waals surface area contributed by atoms with E-state index in [1.54, 1.807) is 48.5 Å². The number of anilines is 4. The van der Waals surface area contributed by atoms with Crippen LogP contribution in [0.1, 0.15) is 22.7 Å². The SMILES string of the molecule is Nc1ccc(N)cc1.Nc1ccc(NC(=O)c2ccc(C(F)F)o2)cc1. The van der Waals surface area contributed by atoms with Crippen LogP contribution in [0.25, 0.3) is 0 Å². The molecule has 0 radical (unpaired) electrons. The molecule has 3 rings (SSSR count). The van der Waals surface area contributed by atoms with Crippen molar-refractivity contribution < 1.29 is 18.0 Å². The lowest BCUT2D eigenvalue weighted by atomic mass is 10.3. The van der Waals surface area contributed by atoms with Gasteiger partial charge in [-0.15, -0.1) is 0 Å². The van der Waals surface area contributed by atoms with E-state index in [1.165, 1.54) is 6.07 Å². The Balaban J connectivity index is 0.000000254. The molecule has 26 heavy (non-hydrogen) atoms. The Morgan fingerprint density at radius 3 is 1.69 bits per heavy atom. The molecule has 0 aliphatic rings. The average Bonchev–Trinajstić information content (AvgIpc) is 3.11. The van der Waals surface area contributed by atoms with E-state index in [0.29, 0.717) is 11.4 Å². The Kier molecular flexibility index (Phi) is 6.15. The van der Waals surface area contributed by atoms with Gasteiger partial charge in [-0.2, -0.15) is 0 Å². The number of rotatable bonds is 3. The predicted molar refractivity (Wildman–Crippen MR) is 97.7 cm³/mol. The molecule has 6 nitrogen and oxygen atoms in total. The first-order valence-corrected chi connectivity index (χ1v) is 7.51. The van der Waals surface area contributed by atoms with Gasteiger partial charge in [0.25, 0.3) is 12.3 Å². The Bertz CT molecular complexity index is 825. The lowest BCUT2D eigenvalue weighted by Gasteiger charge is -2.03. The minimum Gasteiger partial charge on any atom is -0.450 e. The number of hydrogen-bond acceptors (Lipinski definition) is 5. The largest absolute Gasteiger partial charge is 0.450 e. The summed E-state index contributed by atoms with van der Waals surface area (Å²) >= 11 is 0. The highest BCUT2D eigenvalue weighted by molar-refractivity contribution is 6.02. The molecule has 0 unspecified atom stereocenters. The van der Waals surface area contributed by atoms with Gasteiger partial charge in [0.2, 0.25) is 0 Å². The van der Waals surface area contributed by atoms with Gasteiger partial charge >= 0.3 is 0 Å². The highest BCUT2D eigenvalue weighted by Gasteiger charge is 2.16. The van der Waals surface area contributed by atoms with Gasteiger partial charge in [-0.1, -0.05) is 0 Å². The van der Waals surface area contributed by atoms with Crippen LogP contribution in [0.3, 0.4) is 0 Å². The molecule has 7 N–H and O–H groups in total. The third-order valence-electron chi connectivity index (χ3n) is 3.17. The van der Waals surface area contributed by atoms with Gasteiger partial charge in [0.05, 0.1) is 0 Å². The standard InChI is InChI=1S/C12H10F2N2O2.C6H8N2/c13-11(14)9-5-6-10(18-9)12(17)16-8-3-1-7(15)2-4-8;7-5-1-2-6(8)4-3-5/h1-6,11H,15H2,(H,16,17);1-4H,7-8H2. The number of hydrogen-bond donors (Lipinski definition) is 4. The van der Waals surface area contributed by atoms with Crippen molar-refractivity contribution in [1.29, 1.82) is 0 Å². The van der Waals surface area contributed by atoms with Crippen LogP contribution in [0, 0.1) is 0 Å². The second kappa shape index (κ2) is 8.52. The quantitative estimate of drug-likeness (QED) is 0.528. The minimum absolute atomic E-state index is 0.165. The summed E-state index contributed by atoms with van der Waals surface area (Å²) in [6.07, 6.45) is -2.73. The number of furan rings is 1. The zero-order valence-corrected chi connectivity index (χ0v) is 13.7. The summed E-state index contributed by atoms with van der Waals surface area (Å²) < 4.78 is 29.3. The van der Waals surface area contributed by atoms with Gasteiger partial charge in [-0.05, 0) is 60.7 Å². The topological polar surface area (TPSA) is 120 Å². The van der Waals surface area contributed by atoms with E-state index in [1.807, 2.05) is 0 Å². The fraction of sp³-hybridized carbons (Fsp3) is 0.0556. The summed E-state index contributed by atoms with van der Waals surface area (Å²) in [5, 5.41) is 2.50. The summed E-state index contributed by atoms with van der Waals surface area (Å²) in [4.78, 5) is 11.7. The predicted octanol–water partition coefficient (Wildman–Crippen LogP) is 3.90. The Morgan fingerprint density at radius 1 is 0.808 bits per heavy atom. The van der Waals surface area contributed by atoms with Gasteiger partial charge in [0.1, 0.15) is 0 Å². The van der Waals surface area contributed by atoms with Gasteiger partial charge in [-0.3, -0.25) is 4.79 Å². The summed E-state index contributed by atoms with van der Waals surface area (Å²) in [6, 6.07) is 15.8. The molecule has 0 bridgehead atoms. The molecule has 0 saturated heterocycles. The molecule has 8 heteroatoms. The molecular weight excluding hydrogens is 342 g/mol. The van der Waals surface area contributed by atoms with E-state index < -0.39 is 18.1 Å². The van der Waals surface area contributed by atoms with Crippen molar-refractivity contribution >= 4 is 28.7 Å².